The first-order chi connectivity index (χ1) is 13.3. The molecule has 0 atom stereocenters. The van der Waals surface area contributed by atoms with Gasteiger partial charge in [-0.15, -0.1) is 0 Å². The SMILES string of the molecule is CCCCOc1ccc(Br)cc1C(=O)NC(=S)Nc1ccc(Cl)c([N+](=O)[O-])c1. The monoisotopic (exact) mass is 485 g/mol. The van der Waals surface area contributed by atoms with Gasteiger partial charge in [-0.25, -0.2) is 0 Å². The molecule has 2 aromatic carbocycles. The molecule has 0 bridgehead atoms. The standard InChI is InChI=1S/C18H17BrClN3O4S/c1-2-3-8-27-16-7-4-11(19)9-13(16)17(24)22-18(28)21-12-5-6-14(20)15(10-12)23(25)26/h4-7,9-10H,2-3,8H2,1H3,(H2,21,22,24,28). The van der Waals surface area contributed by atoms with Crippen LogP contribution in [0, 0.1) is 10.1 Å². The van der Waals surface area contributed by atoms with Crippen LogP contribution in [0.5, 0.6) is 5.75 Å². The van der Waals surface area contributed by atoms with E-state index >= 15 is 0 Å². The van der Waals surface area contributed by atoms with E-state index in [1.165, 1.54) is 18.2 Å². The van der Waals surface area contributed by atoms with Gasteiger partial charge in [0.05, 0.1) is 17.1 Å². The van der Waals surface area contributed by atoms with E-state index in [4.69, 9.17) is 28.6 Å². The molecule has 1 amide bonds. The van der Waals surface area contributed by atoms with Crippen molar-refractivity contribution in [1.29, 1.82) is 0 Å². The van der Waals surface area contributed by atoms with Gasteiger partial charge in [0.25, 0.3) is 11.6 Å². The van der Waals surface area contributed by atoms with Gasteiger partial charge in [-0.1, -0.05) is 40.9 Å². The van der Waals surface area contributed by atoms with Crippen LogP contribution in [0.3, 0.4) is 0 Å². The van der Waals surface area contributed by atoms with Crippen LogP contribution in [0.15, 0.2) is 40.9 Å². The summed E-state index contributed by atoms with van der Waals surface area (Å²) in [5.41, 5.74) is 0.381. The third kappa shape index (κ3) is 6.15. The maximum absolute atomic E-state index is 12.6. The van der Waals surface area contributed by atoms with Crippen molar-refractivity contribution < 1.29 is 14.5 Å². The minimum absolute atomic E-state index is 0.00788. The number of unbranched alkanes of at least 4 members (excludes halogenated alkanes) is 1. The van der Waals surface area contributed by atoms with Crippen LogP contribution in [-0.2, 0) is 0 Å². The summed E-state index contributed by atoms with van der Waals surface area (Å²) in [6.07, 6.45) is 1.84. The highest BCUT2D eigenvalue weighted by atomic mass is 79.9. The number of benzene rings is 2. The lowest BCUT2D eigenvalue weighted by Crippen LogP contribution is -2.34. The Morgan fingerprint density at radius 3 is 2.75 bits per heavy atom. The zero-order valence-electron chi connectivity index (χ0n) is 14.8. The first kappa shape index (κ1) is 22.1. The first-order valence-corrected chi connectivity index (χ1v) is 9.88. The van der Waals surface area contributed by atoms with E-state index < -0.39 is 10.8 Å². The van der Waals surface area contributed by atoms with Gasteiger partial charge < -0.3 is 10.1 Å². The summed E-state index contributed by atoms with van der Waals surface area (Å²) in [7, 11) is 0. The smallest absolute Gasteiger partial charge is 0.289 e. The highest BCUT2D eigenvalue weighted by Crippen LogP contribution is 2.27. The summed E-state index contributed by atoms with van der Waals surface area (Å²) in [4.78, 5) is 23.0. The maximum atomic E-state index is 12.6. The zero-order chi connectivity index (χ0) is 20.7. The van der Waals surface area contributed by atoms with Crippen LogP contribution in [-0.4, -0.2) is 22.5 Å². The number of nitro groups is 1. The first-order valence-electron chi connectivity index (χ1n) is 8.30. The van der Waals surface area contributed by atoms with Gasteiger partial charge >= 0.3 is 0 Å². The summed E-state index contributed by atoms with van der Waals surface area (Å²) >= 11 is 14.3. The molecular formula is C18H17BrClN3O4S. The Balaban J connectivity index is 2.10. The lowest BCUT2D eigenvalue weighted by atomic mass is 10.2. The molecule has 148 valence electrons. The second kappa shape index (κ2) is 10.4. The third-order valence-corrected chi connectivity index (χ3v) is 4.59. The van der Waals surface area contributed by atoms with E-state index in [1.807, 2.05) is 6.92 Å². The van der Waals surface area contributed by atoms with Crippen LogP contribution < -0.4 is 15.4 Å². The molecule has 0 heterocycles. The number of nitrogens with one attached hydrogen (secondary N) is 2. The number of hydrogen-bond acceptors (Lipinski definition) is 5. The van der Waals surface area contributed by atoms with Crippen molar-refractivity contribution in [2.75, 3.05) is 11.9 Å². The number of amides is 1. The van der Waals surface area contributed by atoms with Gasteiger partial charge in [0.15, 0.2) is 5.11 Å². The molecule has 0 saturated carbocycles. The fraction of sp³-hybridized carbons (Fsp3) is 0.222. The number of nitrogens with zero attached hydrogens (tertiary/aromatic N) is 1. The van der Waals surface area contributed by atoms with Gasteiger partial charge in [-0.05, 0) is 49.0 Å². The summed E-state index contributed by atoms with van der Waals surface area (Å²) < 4.78 is 6.39. The topological polar surface area (TPSA) is 93.5 Å². The molecule has 0 radical (unpaired) electrons. The Morgan fingerprint density at radius 1 is 1.32 bits per heavy atom. The van der Waals surface area contributed by atoms with E-state index in [0.29, 0.717) is 28.1 Å². The molecule has 28 heavy (non-hydrogen) atoms. The average molecular weight is 487 g/mol. The van der Waals surface area contributed by atoms with Gasteiger partial charge in [-0.3, -0.25) is 20.2 Å². The summed E-state index contributed by atoms with van der Waals surface area (Å²) in [6.45, 7) is 2.54. The number of ether oxygens (including phenoxy) is 1. The van der Waals surface area contributed by atoms with Crippen LogP contribution in [0.4, 0.5) is 11.4 Å². The van der Waals surface area contributed by atoms with Gasteiger partial charge in [0.2, 0.25) is 0 Å². The fourth-order valence-electron chi connectivity index (χ4n) is 2.20. The van der Waals surface area contributed by atoms with E-state index in [9.17, 15) is 14.9 Å². The van der Waals surface area contributed by atoms with E-state index in [2.05, 4.69) is 26.6 Å². The maximum Gasteiger partial charge on any atom is 0.289 e. The third-order valence-electron chi connectivity index (χ3n) is 3.57. The highest BCUT2D eigenvalue weighted by molar-refractivity contribution is 9.10. The lowest BCUT2D eigenvalue weighted by molar-refractivity contribution is -0.384. The fourth-order valence-corrected chi connectivity index (χ4v) is 2.95. The molecular weight excluding hydrogens is 470 g/mol. The van der Waals surface area contributed by atoms with E-state index in [1.54, 1.807) is 18.2 Å². The molecule has 0 fully saturated rings. The van der Waals surface area contributed by atoms with Gasteiger partial charge in [0.1, 0.15) is 10.8 Å². The Kier molecular flexibility index (Phi) is 8.16. The predicted molar refractivity (Wildman–Crippen MR) is 116 cm³/mol. The zero-order valence-corrected chi connectivity index (χ0v) is 18.0. The molecule has 2 aromatic rings. The van der Waals surface area contributed by atoms with Gasteiger partial charge in [0, 0.05) is 16.2 Å². The van der Waals surface area contributed by atoms with Crippen LogP contribution in [0.1, 0.15) is 30.1 Å². The Labute approximate surface area is 180 Å². The van der Waals surface area contributed by atoms with Crippen molar-refractivity contribution in [2.45, 2.75) is 19.8 Å². The Hall–Kier alpha value is -2.23. The van der Waals surface area contributed by atoms with Crippen molar-refractivity contribution in [3.63, 3.8) is 0 Å². The van der Waals surface area contributed by atoms with Crippen LogP contribution in [0.2, 0.25) is 5.02 Å². The average Bonchev–Trinajstić information content (AvgIpc) is 2.64. The van der Waals surface area contributed by atoms with Crippen molar-refractivity contribution in [3.8, 4) is 5.75 Å². The molecule has 7 nitrogen and oxygen atoms in total. The molecule has 2 N–H and O–H groups in total. The minimum atomic E-state index is -0.601. The van der Waals surface area contributed by atoms with Crippen molar-refractivity contribution >= 4 is 62.1 Å². The molecule has 0 aliphatic heterocycles. The second-order valence-electron chi connectivity index (χ2n) is 5.67. The molecule has 2 rings (SSSR count). The van der Waals surface area contributed by atoms with Crippen molar-refractivity contribution in [2.24, 2.45) is 0 Å². The Bertz CT molecular complexity index is 910. The molecule has 0 spiro atoms. The summed E-state index contributed by atoms with van der Waals surface area (Å²) in [5, 5.41) is 16.2. The molecule has 0 aliphatic carbocycles. The number of hydrogen-bond donors (Lipinski definition) is 2. The molecule has 0 unspecified atom stereocenters. The molecule has 0 saturated heterocycles. The number of carbonyl (C=O) groups is 1. The number of thiocarbonyl (C=S) groups is 1. The lowest BCUT2D eigenvalue weighted by Gasteiger charge is -2.13. The number of nitro benzene ring substituents is 1. The molecule has 0 aromatic heterocycles. The number of carbonyl (C=O) groups excluding carboxylic acids is 1. The van der Waals surface area contributed by atoms with Crippen molar-refractivity contribution in [3.05, 3.63) is 61.6 Å². The molecule has 10 heteroatoms. The minimum Gasteiger partial charge on any atom is -0.493 e. The van der Waals surface area contributed by atoms with Crippen LogP contribution >= 0.6 is 39.7 Å². The summed E-state index contributed by atoms with van der Waals surface area (Å²) in [5.74, 6) is -0.0205. The summed E-state index contributed by atoms with van der Waals surface area (Å²) in [6, 6.07) is 9.24. The largest absolute Gasteiger partial charge is 0.493 e. The van der Waals surface area contributed by atoms with Crippen LogP contribution in [0.25, 0.3) is 0 Å². The van der Waals surface area contributed by atoms with Crippen molar-refractivity contribution in [1.82, 2.24) is 5.32 Å². The normalized spacial score (nSPS) is 10.2. The van der Waals surface area contributed by atoms with Gasteiger partial charge in [-0.2, -0.15) is 0 Å². The number of halogens is 2. The predicted octanol–water partition coefficient (Wildman–Crippen LogP) is 5.32. The highest BCUT2D eigenvalue weighted by Gasteiger charge is 2.16. The van der Waals surface area contributed by atoms with E-state index in [-0.39, 0.29) is 15.8 Å². The Morgan fingerprint density at radius 2 is 2.07 bits per heavy atom. The number of rotatable bonds is 7. The molecule has 0 aliphatic rings. The van der Waals surface area contributed by atoms with E-state index in [0.717, 1.165) is 12.8 Å². The second-order valence-corrected chi connectivity index (χ2v) is 7.41. The quantitative estimate of drug-likeness (QED) is 0.238. The number of anilines is 1.